The third-order valence-corrected chi connectivity index (χ3v) is 1.71. The van der Waals surface area contributed by atoms with Crippen LogP contribution >= 0.6 is 0 Å². The summed E-state index contributed by atoms with van der Waals surface area (Å²) < 4.78 is 5.35. The van der Waals surface area contributed by atoms with Gasteiger partial charge < -0.3 is 10.1 Å². The van der Waals surface area contributed by atoms with Crippen LogP contribution in [0.3, 0.4) is 0 Å². The summed E-state index contributed by atoms with van der Waals surface area (Å²) in [6.07, 6.45) is 6.51. The molecule has 12 heavy (non-hydrogen) atoms. The van der Waals surface area contributed by atoms with Gasteiger partial charge >= 0.3 is 0 Å². The number of rotatable bonds is 6. The largest absolute Gasteiger partial charge is 0.377 e. The molecule has 0 bridgehead atoms. The molecule has 0 spiro atoms. The van der Waals surface area contributed by atoms with Crippen molar-refractivity contribution >= 4 is 0 Å². The zero-order valence-electron chi connectivity index (χ0n) is 8.26. The highest BCUT2D eigenvalue weighted by atomic mass is 16.5. The van der Waals surface area contributed by atoms with Crippen molar-refractivity contribution in [2.24, 2.45) is 0 Å². The van der Waals surface area contributed by atoms with Gasteiger partial charge in [0.2, 0.25) is 0 Å². The van der Waals surface area contributed by atoms with Crippen molar-refractivity contribution in [1.29, 1.82) is 0 Å². The lowest BCUT2D eigenvalue weighted by Gasteiger charge is -2.15. The smallest absolute Gasteiger partial charge is 0.0685 e. The van der Waals surface area contributed by atoms with Gasteiger partial charge in [0.15, 0.2) is 0 Å². The van der Waals surface area contributed by atoms with Gasteiger partial charge in [-0.15, -0.1) is 6.42 Å². The van der Waals surface area contributed by atoms with Crippen LogP contribution in [0.15, 0.2) is 0 Å². The molecule has 0 aromatic carbocycles. The Hall–Kier alpha value is -0.520. The van der Waals surface area contributed by atoms with Gasteiger partial charge in [0.25, 0.3) is 0 Å². The zero-order chi connectivity index (χ0) is 9.40. The van der Waals surface area contributed by atoms with Crippen molar-refractivity contribution in [2.75, 3.05) is 13.2 Å². The molecule has 2 unspecified atom stereocenters. The lowest BCUT2D eigenvalue weighted by molar-refractivity contribution is 0.0751. The minimum atomic E-state index is 0.188. The van der Waals surface area contributed by atoms with Crippen LogP contribution < -0.4 is 5.32 Å². The molecule has 0 fully saturated rings. The summed E-state index contributed by atoms with van der Waals surface area (Å²) in [6, 6.07) is 0.188. The van der Waals surface area contributed by atoms with Gasteiger partial charge in [-0.25, -0.2) is 0 Å². The Morgan fingerprint density at radius 1 is 1.50 bits per heavy atom. The molecule has 2 atom stereocenters. The van der Waals surface area contributed by atoms with Gasteiger partial charge in [-0.1, -0.05) is 12.8 Å². The van der Waals surface area contributed by atoms with Gasteiger partial charge in [-0.3, -0.25) is 0 Å². The predicted molar refractivity (Wildman–Crippen MR) is 52.0 cm³/mol. The molecule has 0 saturated carbocycles. The van der Waals surface area contributed by atoms with E-state index in [2.05, 4.69) is 18.2 Å². The quantitative estimate of drug-likeness (QED) is 0.607. The topological polar surface area (TPSA) is 21.3 Å². The maximum absolute atomic E-state index is 5.35. The minimum Gasteiger partial charge on any atom is -0.377 e. The maximum atomic E-state index is 5.35. The van der Waals surface area contributed by atoms with Gasteiger partial charge in [0.1, 0.15) is 0 Å². The van der Waals surface area contributed by atoms with E-state index in [1.807, 2.05) is 13.8 Å². The number of nitrogens with one attached hydrogen (secondary N) is 1. The fourth-order valence-electron chi connectivity index (χ4n) is 0.973. The molecule has 2 nitrogen and oxygen atoms in total. The van der Waals surface area contributed by atoms with Crippen LogP contribution in [0, 0.1) is 12.3 Å². The summed E-state index contributed by atoms with van der Waals surface area (Å²) in [5.74, 6) is 2.68. The van der Waals surface area contributed by atoms with Gasteiger partial charge in [-0.05, 0) is 20.3 Å². The lowest BCUT2D eigenvalue weighted by atomic mass is 10.2. The molecule has 0 rings (SSSR count). The van der Waals surface area contributed by atoms with Gasteiger partial charge in [-0.2, -0.15) is 0 Å². The van der Waals surface area contributed by atoms with E-state index in [0.717, 1.165) is 19.6 Å². The van der Waals surface area contributed by atoms with E-state index >= 15 is 0 Å². The zero-order valence-corrected chi connectivity index (χ0v) is 8.26. The maximum Gasteiger partial charge on any atom is 0.0685 e. The van der Waals surface area contributed by atoms with Crippen molar-refractivity contribution in [3.8, 4) is 12.3 Å². The molecule has 2 heteroatoms. The Labute approximate surface area is 75.7 Å². The molecular formula is C10H19NO. The predicted octanol–water partition coefficient (Wildman–Crippen LogP) is 1.41. The summed E-state index contributed by atoms with van der Waals surface area (Å²) in [5, 5.41) is 3.24. The first-order chi connectivity index (χ1) is 5.74. The first-order valence-electron chi connectivity index (χ1n) is 4.55. The number of terminal acetylenes is 1. The molecular weight excluding hydrogens is 150 g/mol. The summed E-state index contributed by atoms with van der Waals surface area (Å²) in [4.78, 5) is 0. The first-order valence-corrected chi connectivity index (χ1v) is 4.55. The molecule has 0 amide bonds. The summed E-state index contributed by atoms with van der Waals surface area (Å²) in [6.45, 7) is 7.70. The molecule has 0 aromatic rings. The Morgan fingerprint density at radius 2 is 2.17 bits per heavy atom. The normalized spacial score (nSPS) is 15.2. The molecule has 70 valence electrons. The van der Waals surface area contributed by atoms with E-state index in [9.17, 15) is 0 Å². The van der Waals surface area contributed by atoms with Crippen LogP contribution in [0.1, 0.15) is 27.2 Å². The molecule has 1 N–H and O–H groups in total. The fourth-order valence-corrected chi connectivity index (χ4v) is 0.973. The standard InChI is InChI=1S/C10H19NO/c1-5-10(6-2)11-8-9(4)12-7-3/h1,9-11H,6-8H2,2-4H3. The highest BCUT2D eigenvalue weighted by molar-refractivity contribution is 4.97. The fraction of sp³-hybridized carbons (Fsp3) is 0.800. The lowest BCUT2D eigenvalue weighted by Crippen LogP contribution is -2.34. The SMILES string of the molecule is C#CC(CC)NCC(C)OCC. The minimum absolute atomic E-state index is 0.188. The van der Waals surface area contributed by atoms with E-state index < -0.39 is 0 Å². The summed E-state index contributed by atoms with van der Waals surface area (Å²) >= 11 is 0. The number of ether oxygens (including phenoxy) is 1. The van der Waals surface area contributed by atoms with Crippen molar-refractivity contribution in [3.05, 3.63) is 0 Å². The molecule has 0 radical (unpaired) electrons. The van der Waals surface area contributed by atoms with Crippen LogP contribution in [0.2, 0.25) is 0 Å². The Bertz CT molecular complexity index is 139. The van der Waals surface area contributed by atoms with E-state index in [4.69, 9.17) is 11.2 Å². The van der Waals surface area contributed by atoms with E-state index in [0.29, 0.717) is 0 Å². The van der Waals surface area contributed by atoms with Crippen LogP contribution in [0.25, 0.3) is 0 Å². The molecule has 0 aliphatic rings. The van der Waals surface area contributed by atoms with Crippen LogP contribution in [-0.2, 0) is 4.74 Å². The molecule has 0 heterocycles. The number of hydrogen-bond acceptors (Lipinski definition) is 2. The van der Waals surface area contributed by atoms with E-state index in [1.165, 1.54) is 0 Å². The molecule has 0 saturated heterocycles. The second-order valence-corrected chi connectivity index (χ2v) is 2.80. The van der Waals surface area contributed by atoms with E-state index in [1.54, 1.807) is 0 Å². The van der Waals surface area contributed by atoms with Crippen molar-refractivity contribution in [1.82, 2.24) is 5.32 Å². The average molecular weight is 169 g/mol. The third-order valence-electron chi connectivity index (χ3n) is 1.71. The summed E-state index contributed by atoms with van der Waals surface area (Å²) in [7, 11) is 0. The van der Waals surface area contributed by atoms with Crippen molar-refractivity contribution in [3.63, 3.8) is 0 Å². The highest BCUT2D eigenvalue weighted by Gasteiger charge is 2.04. The van der Waals surface area contributed by atoms with Crippen LogP contribution in [0.4, 0.5) is 0 Å². The average Bonchev–Trinajstić information content (AvgIpc) is 2.07. The Balaban J connectivity index is 3.46. The second kappa shape index (κ2) is 7.15. The van der Waals surface area contributed by atoms with Crippen molar-refractivity contribution < 1.29 is 4.74 Å². The molecule has 0 aromatic heterocycles. The molecule has 0 aliphatic heterocycles. The first kappa shape index (κ1) is 11.5. The van der Waals surface area contributed by atoms with Crippen LogP contribution in [0.5, 0.6) is 0 Å². The monoisotopic (exact) mass is 169 g/mol. The Kier molecular flexibility index (Phi) is 6.84. The summed E-state index contributed by atoms with van der Waals surface area (Å²) in [5.41, 5.74) is 0. The third kappa shape index (κ3) is 5.17. The highest BCUT2D eigenvalue weighted by Crippen LogP contribution is 1.91. The van der Waals surface area contributed by atoms with Crippen LogP contribution in [-0.4, -0.2) is 25.3 Å². The van der Waals surface area contributed by atoms with E-state index in [-0.39, 0.29) is 12.1 Å². The van der Waals surface area contributed by atoms with Gasteiger partial charge in [0, 0.05) is 13.2 Å². The Morgan fingerprint density at radius 3 is 2.58 bits per heavy atom. The van der Waals surface area contributed by atoms with Crippen molar-refractivity contribution in [2.45, 2.75) is 39.3 Å². The second-order valence-electron chi connectivity index (χ2n) is 2.80. The molecule has 0 aliphatic carbocycles. The van der Waals surface area contributed by atoms with Gasteiger partial charge in [0.05, 0.1) is 12.1 Å². The number of hydrogen-bond donors (Lipinski definition) is 1.